The smallest absolute Gasteiger partial charge is 0.259 e. The number of aryl methyl sites for hydroxylation is 2. The molecule has 0 aromatic carbocycles. The van der Waals surface area contributed by atoms with E-state index in [-0.39, 0.29) is 5.03 Å². The minimum atomic E-state index is -3.54. The second-order valence-corrected chi connectivity index (χ2v) is 6.46. The Hall–Kier alpha value is -0.630. The highest BCUT2D eigenvalue weighted by Gasteiger charge is 2.18. The molecule has 0 aliphatic heterocycles. The van der Waals surface area contributed by atoms with Crippen molar-refractivity contribution in [3.63, 3.8) is 0 Å². The van der Waals surface area contributed by atoms with Crippen molar-refractivity contribution in [3.8, 4) is 0 Å². The van der Waals surface area contributed by atoms with Crippen LogP contribution in [-0.4, -0.2) is 43.6 Å². The maximum absolute atomic E-state index is 12.0. The van der Waals surface area contributed by atoms with Crippen LogP contribution < -0.4 is 4.72 Å². The zero-order valence-corrected chi connectivity index (χ0v) is 13.5. The third-order valence-electron chi connectivity index (χ3n) is 2.67. The molecule has 1 aromatic heterocycles. The molecule has 1 rings (SSSR count). The largest absolute Gasteiger partial charge is 0.380 e. The summed E-state index contributed by atoms with van der Waals surface area (Å²) in [7, 11) is -3.54. The first-order valence-corrected chi connectivity index (χ1v) is 8.70. The summed E-state index contributed by atoms with van der Waals surface area (Å²) in [5, 5.41) is 0.0742. The summed E-state index contributed by atoms with van der Waals surface area (Å²) < 4.78 is 33.6. The molecule has 0 atom stereocenters. The Balaban J connectivity index is 2.49. The van der Waals surface area contributed by atoms with Gasteiger partial charge in [0.05, 0.1) is 6.61 Å². The first kappa shape index (κ1) is 17.4. The lowest BCUT2D eigenvalue weighted by atomic mass is 10.5. The average molecular weight is 324 g/mol. The molecular weight excluding hydrogens is 302 g/mol. The molecule has 0 fully saturated rings. The highest BCUT2D eigenvalue weighted by molar-refractivity contribution is 7.89. The minimum Gasteiger partial charge on any atom is -0.380 e. The van der Waals surface area contributed by atoms with E-state index in [1.807, 2.05) is 11.5 Å². The number of hydrogen-bond donors (Lipinski definition) is 1. The standard InChI is InChI=1S/C12H22ClN3O3S/c1-3-7-16-10-12(15-11(16)2)20(17,18)14-6-4-8-19-9-5-13/h10,14H,3-9H2,1-2H3. The molecule has 1 aromatic rings. The number of nitrogens with zero attached hydrogens (tertiary/aromatic N) is 2. The number of hydrogen-bond acceptors (Lipinski definition) is 4. The Bertz CT molecular complexity index is 502. The van der Waals surface area contributed by atoms with Gasteiger partial charge in [0.1, 0.15) is 5.82 Å². The summed E-state index contributed by atoms with van der Waals surface area (Å²) in [5.41, 5.74) is 0. The third kappa shape index (κ3) is 5.40. The van der Waals surface area contributed by atoms with Crippen molar-refractivity contribution in [3.05, 3.63) is 12.0 Å². The Labute approximate surface area is 125 Å². The fraction of sp³-hybridized carbons (Fsp3) is 0.750. The van der Waals surface area contributed by atoms with Crippen molar-refractivity contribution in [2.24, 2.45) is 0 Å². The first-order valence-electron chi connectivity index (χ1n) is 6.68. The van der Waals surface area contributed by atoms with Crippen LogP contribution in [0.2, 0.25) is 0 Å². The molecule has 1 heterocycles. The van der Waals surface area contributed by atoms with Gasteiger partial charge in [-0.3, -0.25) is 0 Å². The van der Waals surface area contributed by atoms with E-state index in [1.54, 1.807) is 13.1 Å². The third-order valence-corrected chi connectivity index (χ3v) is 4.16. The van der Waals surface area contributed by atoms with Gasteiger partial charge in [-0.1, -0.05) is 6.92 Å². The van der Waals surface area contributed by atoms with Crippen molar-refractivity contribution in [1.82, 2.24) is 14.3 Å². The number of alkyl halides is 1. The SMILES string of the molecule is CCCn1cc(S(=O)(=O)NCCCOCCCl)nc1C. The van der Waals surface area contributed by atoms with Crippen LogP contribution in [-0.2, 0) is 21.3 Å². The molecule has 0 saturated heterocycles. The minimum absolute atomic E-state index is 0.0742. The average Bonchev–Trinajstić information content (AvgIpc) is 2.77. The normalized spacial score (nSPS) is 11.9. The molecule has 0 bridgehead atoms. The van der Waals surface area contributed by atoms with E-state index in [0.29, 0.717) is 37.9 Å². The number of imidazole rings is 1. The topological polar surface area (TPSA) is 73.2 Å². The van der Waals surface area contributed by atoms with Crippen LogP contribution in [0.1, 0.15) is 25.6 Å². The van der Waals surface area contributed by atoms with Crippen LogP contribution in [0.15, 0.2) is 11.2 Å². The molecule has 6 nitrogen and oxygen atoms in total. The first-order chi connectivity index (χ1) is 9.51. The lowest BCUT2D eigenvalue weighted by Crippen LogP contribution is -2.26. The van der Waals surface area contributed by atoms with E-state index in [0.717, 1.165) is 13.0 Å². The number of ether oxygens (including phenoxy) is 1. The van der Waals surface area contributed by atoms with Gasteiger partial charge in [-0.05, 0) is 19.8 Å². The molecule has 0 radical (unpaired) electrons. The molecule has 8 heteroatoms. The Morgan fingerprint density at radius 2 is 2.20 bits per heavy atom. The van der Waals surface area contributed by atoms with Gasteiger partial charge in [0.2, 0.25) is 0 Å². The van der Waals surface area contributed by atoms with E-state index >= 15 is 0 Å². The molecule has 0 saturated carbocycles. The fourth-order valence-corrected chi connectivity index (χ4v) is 2.88. The highest BCUT2D eigenvalue weighted by atomic mass is 35.5. The van der Waals surface area contributed by atoms with Gasteiger partial charge >= 0.3 is 0 Å². The monoisotopic (exact) mass is 323 g/mol. The number of halogens is 1. The lowest BCUT2D eigenvalue weighted by molar-refractivity contribution is 0.147. The quantitative estimate of drug-likeness (QED) is 0.523. The fourth-order valence-electron chi connectivity index (χ4n) is 1.69. The van der Waals surface area contributed by atoms with E-state index in [1.165, 1.54) is 0 Å². The highest BCUT2D eigenvalue weighted by Crippen LogP contribution is 2.09. The summed E-state index contributed by atoms with van der Waals surface area (Å²) in [6.45, 7) is 5.89. The van der Waals surface area contributed by atoms with Crippen molar-refractivity contribution >= 4 is 21.6 Å². The van der Waals surface area contributed by atoms with Crippen LogP contribution in [0.5, 0.6) is 0 Å². The molecule has 0 unspecified atom stereocenters. The van der Waals surface area contributed by atoms with E-state index < -0.39 is 10.0 Å². The van der Waals surface area contributed by atoms with Gasteiger partial charge in [0.15, 0.2) is 5.03 Å². The van der Waals surface area contributed by atoms with Crippen LogP contribution in [0.25, 0.3) is 0 Å². The maximum Gasteiger partial charge on any atom is 0.259 e. The van der Waals surface area contributed by atoms with Gasteiger partial charge in [0.25, 0.3) is 10.0 Å². The van der Waals surface area contributed by atoms with E-state index in [4.69, 9.17) is 16.3 Å². The van der Waals surface area contributed by atoms with Gasteiger partial charge in [0, 0.05) is 31.8 Å². The predicted molar refractivity (Wildman–Crippen MR) is 78.6 cm³/mol. The van der Waals surface area contributed by atoms with Gasteiger partial charge < -0.3 is 9.30 Å². The molecule has 0 amide bonds. The molecule has 1 N–H and O–H groups in total. The Kier molecular flexibility index (Phi) is 7.50. The van der Waals surface area contributed by atoms with Gasteiger partial charge in [-0.15, -0.1) is 11.6 Å². The lowest BCUT2D eigenvalue weighted by Gasteiger charge is -2.04. The van der Waals surface area contributed by atoms with Crippen molar-refractivity contribution < 1.29 is 13.2 Å². The van der Waals surface area contributed by atoms with Crippen molar-refractivity contribution in [2.75, 3.05) is 25.6 Å². The van der Waals surface area contributed by atoms with Crippen LogP contribution in [0, 0.1) is 6.92 Å². The van der Waals surface area contributed by atoms with Crippen molar-refractivity contribution in [1.29, 1.82) is 0 Å². The van der Waals surface area contributed by atoms with E-state index in [9.17, 15) is 8.42 Å². The Morgan fingerprint density at radius 1 is 1.45 bits per heavy atom. The summed E-state index contributed by atoms with van der Waals surface area (Å²) in [6.07, 6.45) is 3.11. The maximum atomic E-state index is 12.0. The van der Waals surface area contributed by atoms with Gasteiger partial charge in [-0.25, -0.2) is 18.1 Å². The van der Waals surface area contributed by atoms with Crippen molar-refractivity contribution in [2.45, 2.75) is 38.3 Å². The zero-order chi connectivity index (χ0) is 15.0. The summed E-state index contributed by atoms with van der Waals surface area (Å²) in [5.74, 6) is 1.15. The summed E-state index contributed by atoms with van der Waals surface area (Å²) >= 11 is 5.46. The number of sulfonamides is 1. The number of aromatic nitrogens is 2. The van der Waals surface area contributed by atoms with Crippen LogP contribution in [0.3, 0.4) is 0 Å². The van der Waals surface area contributed by atoms with E-state index in [2.05, 4.69) is 9.71 Å². The second-order valence-electron chi connectivity index (χ2n) is 4.37. The van der Waals surface area contributed by atoms with Crippen LogP contribution >= 0.6 is 11.6 Å². The molecule has 0 aliphatic carbocycles. The Morgan fingerprint density at radius 3 is 2.85 bits per heavy atom. The molecule has 20 heavy (non-hydrogen) atoms. The molecule has 0 spiro atoms. The molecular formula is C12H22ClN3O3S. The summed E-state index contributed by atoms with van der Waals surface area (Å²) in [4.78, 5) is 4.09. The molecule has 0 aliphatic rings. The predicted octanol–water partition coefficient (Wildman–Crippen LogP) is 1.53. The van der Waals surface area contributed by atoms with Crippen LogP contribution in [0.4, 0.5) is 0 Å². The van der Waals surface area contributed by atoms with Gasteiger partial charge in [-0.2, -0.15) is 0 Å². The zero-order valence-electron chi connectivity index (χ0n) is 11.9. The number of rotatable bonds is 10. The number of nitrogens with one attached hydrogen (secondary N) is 1. The second kappa shape index (κ2) is 8.61. The summed E-state index contributed by atoms with van der Waals surface area (Å²) in [6, 6.07) is 0. The molecule has 116 valence electrons.